The van der Waals surface area contributed by atoms with Crippen LogP contribution in [0.1, 0.15) is 12.5 Å². The van der Waals surface area contributed by atoms with Crippen LogP contribution in [0.2, 0.25) is 0 Å². The zero-order chi connectivity index (χ0) is 19.5. The molecule has 0 saturated carbocycles. The summed E-state index contributed by atoms with van der Waals surface area (Å²) in [4.78, 5) is 13.6. The van der Waals surface area contributed by atoms with E-state index >= 15 is 0 Å². The average Bonchev–Trinajstić information content (AvgIpc) is 2.60. The maximum atomic E-state index is 12.7. The van der Waals surface area contributed by atoms with Gasteiger partial charge in [0.05, 0.1) is 5.56 Å². The van der Waals surface area contributed by atoms with Crippen molar-refractivity contribution in [2.24, 2.45) is 0 Å². The molecule has 2 rings (SSSR count). The minimum atomic E-state index is -4.49. The maximum absolute atomic E-state index is 12.7. The Bertz CT molecular complexity index is 747. The third-order valence-corrected chi connectivity index (χ3v) is 6.20. The number of alkyl halides is 3. The van der Waals surface area contributed by atoms with Crippen LogP contribution >= 0.6 is 0 Å². The van der Waals surface area contributed by atoms with Gasteiger partial charge in [-0.15, -0.1) is 0 Å². The summed E-state index contributed by atoms with van der Waals surface area (Å²) in [6, 6.07) is 3.79. The van der Waals surface area contributed by atoms with E-state index in [-0.39, 0.29) is 31.9 Å². The lowest BCUT2D eigenvalue weighted by molar-refractivity contribution is -0.137. The van der Waals surface area contributed by atoms with E-state index in [1.807, 2.05) is 0 Å². The highest BCUT2D eigenvalue weighted by Gasteiger charge is 2.32. The number of nitrogens with one attached hydrogen (secondary N) is 1. The first kappa shape index (κ1) is 20.5. The lowest BCUT2D eigenvalue weighted by Crippen LogP contribution is -2.54. The minimum Gasteiger partial charge on any atom is -0.322 e. The van der Waals surface area contributed by atoms with Crippen LogP contribution in [0.3, 0.4) is 0 Å². The number of carbonyl (C=O) groups is 1. The second-order valence-electron chi connectivity index (χ2n) is 5.82. The predicted octanol–water partition coefficient (Wildman–Crippen LogP) is 2.05. The van der Waals surface area contributed by atoms with Crippen LogP contribution in [0.4, 0.5) is 23.7 Å². The number of carbonyl (C=O) groups excluding carboxylic acids is 1. The lowest BCUT2D eigenvalue weighted by Gasteiger charge is -2.35. The Hall–Kier alpha value is -1.85. The second-order valence-corrected chi connectivity index (χ2v) is 7.85. The summed E-state index contributed by atoms with van der Waals surface area (Å²) in [5.41, 5.74) is -0.820. The van der Waals surface area contributed by atoms with E-state index in [2.05, 4.69) is 5.32 Å². The van der Waals surface area contributed by atoms with Gasteiger partial charge in [0, 0.05) is 45.5 Å². The van der Waals surface area contributed by atoms with Crippen molar-refractivity contribution in [2.45, 2.75) is 13.1 Å². The largest absolute Gasteiger partial charge is 0.416 e. The molecular formula is C15H21F3N4O3S. The topological polar surface area (TPSA) is 73.0 Å². The van der Waals surface area contributed by atoms with Crippen LogP contribution in [0.15, 0.2) is 24.3 Å². The summed E-state index contributed by atoms with van der Waals surface area (Å²) in [7, 11) is -2.08. The highest BCUT2D eigenvalue weighted by molar-refractivity contribution is 7.86. The Morgan fingerprint density at radius 3 is 2.38 bits per heavy atom. The lowest BCUT2D eigenvalue weighted by atomic mass is 10.2. The van der Waals surface area contributed by atoms with E-state index in [4.69, 9.17) is 0 Å². The molecule has 0 bridgehead atoms. The van der Waals surface area contributed by atoms with Crippen molar-refractivity contribution in [3.05, 3.63) is 29.8 Å². The van der Waals surface area contributed by atoms with Crippen LogP contribution < -0.4 is 5.32 Å². The fourth-order valence-electron chi connectivity index (χ4n) is 2.46. The van der Waals surface area contributed by atoms with Crippen molar-refractivity contribution in [2.75, 3.05) is 45.1 Å². The maximum Gasteiger partial charge on any atom is 0.416 e. The Morgan fingerprint density at radius 2 is 1.85 bits per heavy atom. The van der Waals surface area contributed by atoms with Crippen LogP contribution in [0.5, 0.6) is 0 Å². The summed E-state index contributed by atoms with van der Waals surface area (Å²) < 4.78 is 65.1. The Labute approximate surface area is 150 Å². The van der Waals surface area contributed by atoms with Gasteiger partial charge in [-0.25, -0.2) is 4.79 Å². The number of urea groups is 1. The quantitative estimate of drug-likeness (QED) is 0.850. The summed E-state index contributed by atoms with van der Waals surface area (Å²) in [6.45, 7) is 2.61. The summed E-state index contributed by atoms with van der Waals surface area (Å²) in [6.07, 6.45) is -4.49. The highest BCUT2D eigenvalue weighted by atomic mass is 32.2. The minimum absolute atomic E-state index is 0.0330. The number of nitrogens with zero attached hydrogens (tertiary/aromatic N) is 3. The Morgan fingerprint density at radius 1 is 1.23 bits per heavy atom. The Kier molecular flexibility index (Phi) is 6.14. The molecule has 26 heavy (non-hydrogen) atoms. The van der Waals surface area contributed by atoms with E-state index in [0.29, 0.717) is 6.54 Å². The summed E-state index contributed by atoms with van der Waals surface area (Å²) in [5.74, 6) is 0. The smallest absolute Gasteiger partial charge is 0.322 e. The number of hydrogen-bond acceptors (Lipinski definition) is 3. The van der Waals surface area contributed by atoms with Gasteiger partial charge >= 0.3 is 12.2 Å². The first-order valence-corrected chi connectivity index (χ1v) is 9.40. The molecule has 11 heteroatoms. The average molecular weight is 394 g/mol. The van der Waals surface area contributed by atoms with Gasteiger partial charge in [0.2, 0.25) is 0 Å². The second kappa shape index (κ2) is 7.80. The third-order valence-electron chi connectivity index (χ3n) is 4.13. The number of benzene rings is 1. The van der Waals surface area contributed by atoms with Crippen molar-refractivity contribution in [1.29, 1.82) is 0 Å². The van der Waals surface area contributed by atoms with E-state index < -0.39 is 28.0 Å². The number of piperazine rings is 1. The standard InChI is InChI=1S/C15H21F3N4O3S/c1-3-20(2)26(24,25)22-9-7-21(8-10-22)14(23)19-13-6-4-5-12(11-13)15(16,17)18/h4-6,11H,3,7-10H2,1-2H3,(H,19,23). The molecule has 1 fully saturated rings. The first-order valence-electron chi connectivity index (χ1n) is 8.00. The summed E-state index contributed by atoms with van der Waals surface area (Å²) in [5, 5.41) is 2.42. The molecule has 1 aromatic carbocycles. The number of rotatable bonds is 4. The molecule has 1 heterocycles. The van der Waals surface area contributed by atoms with Gasteiger partial charge in [0.25, 0.3) is 10.2 Å². The van der Waals surface area contributed by atoms with Gasteiger partial charge in [-0.3, -0.25) is 0 Å². The van der Waals surface area contributed by atoms with Crippen LogP contribution in [-0.2, 0) is 16.4 Å². The molecule has 0 unspecified atom stereocenters. The molecule has 1 aromatic rings. The normalized spacial score (nSPS) is 16.8. The Balaban J connectivity index is 1.97. The summed E-state index contributed by atoms with van der Waals surface area (Å²) >= 11 is 0. The van der Waals surface area contributed by atoms with E-state index in [1.54, 1.807) is 6.92 Å². The number of amides is 2. The molecule has 0 radical (unpaired) electrons. The molecule has 1 aliphatic rings. The van der Waals surface area contributed by atoms with Gasteiger partial charge in [-0.2, -0.15) is 30.2 Å². The molecule has 0 atom stereocenters. The molecule has 7 nitrogen and oxygen atoms in total. The van der Waals surface area contributed by atoms with Crippen molar-refractivity contribution < 1.29 is 26.4 Å². The SMILES string of the molecule is CCN(C)S(=O)(=O)N1CCN(C(=O)Nc2cccc(C(F)(F)F)c2)CC1. The molecule has 1 N–H and O–H groups in total. The molecule has 1 saturated heterocycles. The van der Waals surface area contributed by atoms with E-state index in [0.717, 1.165) is 12.1 Å². The number of halogens is 3. The molecule has 0 aliphatic carbocycles. The van der Waals surface area contributed by atoms with Gasteiger partial charge < -0.3 is 10.2 Å². The zero-order valence-electron chi connectivity index (χ0n) is 14.5. The zero-order valence-corrected chi connectivity index (χ0v) is 15.3. The highest BCUT2D eigenvalue weighted by Crippen LogP contribution is 2.30. The molecule has 1 aliphatic heterocycles. The fraction of sp³-hybridized carbons (Fsp3) is 0.533. The molecule has 0 aromatic heterocycles. The monoisotopic (exact) mass is 394 g/mol. The fourth-order valence-corrected chi connectivity index (χ4v) is 3.80. The van der Waals surface area contributed by atoms with Crippen molar-refractivity contribution in [3.63, 3.8) is 0 Å². The third kappa shape index (κ3) is 4.65. The first-order chi connectivity index (χ1) is 12.1. The van der Waals surface area contributed by atoms with Crippen LogP contribution in [0, 0.1) is 0 Å². The van der Waals surface area contributed by atoms with Gasteiger partial charge in [-0.05, 0) is 18.2 Å². The van der Waals surface area contributed by atoms with E-state index in [9.17, 15) is 26.4 Å². The molecule has 2 amide bonds. The number of anilines is 1. The molecule has 0 spiro atoms. The molecular weight excluding hydrogens is 373 g/mol. The van der Waals surface area contributed by atoms with Crippen molar-refractivity contribution in [3.8, 4) is 0 Å². The van der Waals surface area contributed by atoms with Gasteiger partial charge in [-0.1, -0.05) is 13.0 Å². The van der Waals surface area contributed by atoms with Gasteiger partial charge in [0.1, 0.15) is 0 Å². The van der Waals surface area contributed by atoms with Crippen molar-refractivity contribution >= 4 is 21.9 Å². The van der Waals surface area contributed by atoms with Crippen molar-refractivity contribution in [1.82, 2.24) is 13.5 Å². The van der Waals surface area contributed by atoms with Gasteiger partial charge in [0.15, 0.2) is 0 Å². The molecule has 146 valence electrons. The van der Waals surface area contributed by atoms with Crippen LogP contribution in [0.25, 0.3) is 0 Å². The van der Waals surface area contributed by atoms with E-state index in [1.165, 1.54) is 32.7 Å². The van der Waals surface area contributed by atoms with Crippen LogP contribution in [-0.4, -0.2) is 67.7 Å². The number of hydrogen-bond donors (Lipinski definition) is 1. The predicted molar refractivity (Wildman–Crippen MR) is 90.8 cm³/mol.